The highest BCUT2D eigenvalue weighted by Gasteiger charge is 2.40. The van der Waals surface area contributed by atoms with Gasteiger partial charge in [-0.2, -0.15) is 0 Å². The Labute approximate surface area is 171 Å². The van der Waals surface area contributed by atoms with Gasteiger partial charge in [0, 0.05) is 37.0 Å². The zero-order valence-corrected chi connectivity index (χ0v) is 16.9. The molecule has 0 aliphatic carbocycles. The van der Waals surface area contributed by atoms with E-state index in [4.69, 9.17) is 22.1 Å². The first-order valence-corrected chi connectivity index (χ1v) is 9.65. The Balaban J connectivity index is 0.00000261. The van der Waals surface area contributed by atoms with Crippen LogP contribution in [0.3, 0.4) is 0 Å². The number of halogens is 2. The molecule has 1 atom stereocenters. The molecule has 3 rings (SSSR count). The fourth-order valence-corrected chi connectivity index (χ4v) is 3.79. The van der Waals surface area contributed by atoms with Crippen molar-refractivity contribution in [1.82, 2.24) is 4.90 Å². The lowest BCUT2D eigenvalue weighted by atomic mass is 10.0. The number of piperidine rings is 1. The second kappa shape index (κ2) is 10.3. The van der Waals surface area contributed by atoms with Crippen LogP contribution in [0.15, 0.2) is 24.3 Å². The van der Waals surface area contributed by atoms with Crippen molar-refractivity contribution in [3.05, 3.63) is 29.3 Å². The molecule has 2 fully saturated rings. The van der Waals surface area contributed by atoms with Crippen LogP contribution in [0, 0.1) is 5.92 Å². The van der Waals surface area contributed by atoms with E-state index >= 15 is 0 Å². The Morgan fingerprint density at radius 2 is 1.96 bits per heavy atom. The second-order valence-electron chi connectivity index (χ2n) is 6.85. The molecular weight excluding hydrogens is 389 g/mol. The van der Waals surface area contributed by atoms with E-state index in [-0.39, 0.29) is 30.3 Å². The average molecular weight is 416 g/mol. The number of hydrogen-bond donors (Lipinski definition) is 1. The van der Waals surface area contributed by atoms with Gasteiger partial charge in [0.25, 0.3) is 0 Å². The van der Waals surface area contributed by atoms with Crippen LogP contribution in [0.1, 0.15) is 25.7 Å². The summed E-state index contributed by atoms with van der Waals surface area (Å²) in [5, 5.41) is 0.585. The molecule has 2 aliphatic rings. The number of hydrogen-bond acceptors (Lipinski definition) is 4. The molecule has 0 radical (unpaired) electrons. The van der Waals surface area contributed by atoms with Crippen LogP contribution < -0.4 is 10.6 Å². The van der Waals surface area contributed by atoms with Crippen LogP contribution in [-0.4, -0.2) is 55.6 Å². The molecule has 1 unspecified atom stereocenters. The molecule has 6 nitrogen and oxygen atoms in total. The molecule has 1 aromatic rings. The Bertz CT molecular complexity index is 651. The fourth-order valence-electron chi connectivity index (χ4n) is 3.61. The number of nitrogens with two attached hydrogens (primary N) is 1. The zero-order valence-electron chi connectivity index (χ0n) is 15.3. The largest absolute Gasteiger partial charge is 0.378 e. The molecule has 8 heteroatoms. The lowest BCUT2D eigenvalue weighted by Gasteiger charge is -2.33. The van der Waals surface area contributed by atoms with Crippen molar-refractivity contribution in [2.24, 2.45) is 11.7 Å². The fraction of sp³-hybridized carbons (Fsp3) is 0.579. The smallest absolute Gasteiger partial charge is 0.239 e. The highest BCUT2D eigenvalue weighted by molar-refractivity contribution is 6.31. The van der Waals surface area contributed by atoms with E-state index in [9.17, 15) is 9.59 Å². The maximum atomic E-state index is 12.8. The van der Waals surface area contributed by atoms with Gasteiger partial charge in [-0.15, -0.1) is 12.4 Å². The summed E-state index contributed by atoms with van der Waals surface area (Å²) in [5.41, 5.74) is 6.23. The van der Waals surface area contributed by atoms with Crippen LogP contribution in [0.25, 0.3) is 0 Å². The van der Waals surface area contributed by atoms with Gasteiger partial charge in [-0.3, -0.25) is 9.59 Å². The zero-order chi connectivity index (χ0) is 18.5. The van der Waals surface area contributed by atoms with Gasteiger partial charge in [0.2, 0.25) is 11.8 Å². The van der Waals surface area contributed by atoms with Crippen molar-refractivity contribution >= 4 is 41.5 Å². The number of amides is 2. The standard InChI is InChI=1S/C19H26ClN3O3.ClH/c20-14-3-1-4-15(13-14)23-11-7-17(19(23)25)18(24)22-9-5-16(6-10-22)26-12-2-8-21;/h1,3-4,13,16-17H,2,5-12,21H2;1H. The molecule has 2 saturated heterocycles. The van der Waals surface area contributed by atoms with Gasteiger partial charge in [-0.25, -0.2) is 0 Å². The van der Waals surface area contributed by atoms with Gasteiger partial charge in [0.1, 0.15) is 5.92 Å². The van der Waals surface area contributed by atoms with Gasteiger partial charge >= 0.3 is 0 Å². The molecule has 27 heavy (non-hydrogen) atoms. The van der Waals surface area contributed by atoms with Gasteiger partial charge < -0.3 is 20.3 Å². The molecule has 0 bridgehead atoms. The minimum absolute atomic E-state index is 0. The van der Waals surface area contributed by atoms with Crippen molar-refractivity contribution < 1.29 is 14.3 Å². The molecule has 0 spiro atoms. The molecule has 150 valence electrons. The van der Waals surface area contributed by atoms with E-state index in [1.165, 1.54) is 0 Å². The van der Waals surface area contributed by atoms with E-state index in [0.29, 0.717) is 44.2 Å². The number of benzene rings is 1. The molecule has 0 aromatic heterocycles. The van der Waals surface area contributed by atoms with Gasteiger partial charge in [0.15, 0.2) is 0 Å². The first-order valence-electron chi connectivity index (χ1n) is 9.27. The minimum atomic E-state index is -0.580. The first kappa shape index (κ1) is 22.0. The molecule has 2 amide bonds. The van der Waals surface area contributed by atoms with E-state index in [2.05, 4.69) is 0 Å². The Hall–Kier alpha value is -1.34. The third-order valence-electron chi connectivity index (χ3n) is 5.08. The summed E-state index contributed by atoms with van der Waals surface area (Å²) >= 11 is 6.02. The number of carbonyl (C=O) groups excluding carboxylic acids is 2. The predicted molar refractivity (Wildman–Crippen MR) is 108 cm³/mol. The van der Waals surface area contributed by atoms with Crippen LogP contribution in [0.5, 0.6) is 0 Å². The van der Waals surface area contributed by atoms with Crippen molar-refractivity contribution in [3.8, 4) is 0 Å². The van der Waals surface area contributed by atoms with Gasteiger partial charge in [-0.1, -0.05) is 17.7 Å². The third-order valence-corrected chi connectivity index (χ3v) is 5.31. The number of nitrogens with zero attached hydrogens (tertiary/aromatic N) is 2. The van der Waals surface area contributed by atoms with Crippen molar-refractivity contribution in [2.75, 3.05) is 37.7 Å². The summed E-state index contributed by atoms with van der Waals surface area (Å²) in [4.78, 5) is 29.0. The topological polar surface area (TPSA) is 75.9 Å². The number of likely N-dealkylation sites (tertiary alicyclic amines) is 1. The van der Waals surface area contributed by atoms with E-state index < -0.39 is 5.92 Å². The first-order chi connectivity index (χ1) is 12.6. The minimum Gasteiger partial charge on any atom is -0.378 e. The second-order valence-corrected chi connectivity index (χ2v) is 7.29. The van der Waals surface area contributed by atoms with Crippen LogP contribution in [0.2, 0.25) is 5.02 Å². The normalized spacial score (nSPS) is 20.7. The maximum absolute atomic E-state index is 12.8. The van der Waals surface area contributed by atoms with Crippen LogP contribution in [-0.2, 0) is 14.3 Å². The third kappa shape index (κ3) is 5.35. The molecule has 0 saturated carbocycles. The van der Waals surface area contributed by atoms with Crippen molar-refractivity contribution in [1.29, 1.82) is 0 Å². The summed E-state index contributed by atoms with van der Waals surface area (Å²) in [6.07, 6.45) is 3.23. The SMILES string of the molecule is Cl.NCCCOC1CCN(C(=O)C2CCN(c3cccc(Cl)c3)C2=O)CC1. The van der Waals surface area contributed by atoms with E-state index in [1.807, 2.05) is 17.0 Å². The number of carbonyl (C=O) groups is 2. The molecule has 1 aromatic carbocycles. The number of rotatable bonds is 6. The van der Waals surface area contributed by atoms with E-state index in [0.717, 1.165) is 24.9 Å². The predicted octanol–water partition coefficient (Wildman–Crippen LogP) is 2.47. The summed E-state index contributed by atoms with van der Waals surface area (Å²) in [7, 11) is 0. The highest BCUT2D eigenvalue weighted by atomic mass is 35.5. The van der Waals surface area contributed by atoms with Gasteiger partial charge in [-0.05, 0) is 50.4 Å². The quantitative estimate of drug-likeness (QED) is 0.571. The number of ether oxygens (including phenoxy) is 1. The Morgan fingerprint density at radius 1 is 1.22 bits per heavy atom. The molecule has 2 N–H and O–H groups in total. The van der Waals surface area contributed by atoms with E-state index in [1.54, 1.807) is 17.0 Å². The van der Waals surface area contributed by atoms with Crippen molar-refractivity contribution in [2.45, 2.75) is 31.8 Å². The number of anilines is 1. The lowest BCUT2D eigenvalue weighted by molar-refractivity contribution is -0.141. The monoisotopic (exact) mass is 415 g/mol. The Morgan fingerprint density at radius 3 is 2.63 bits per heavy atom. The highest BCUT2D eigenvalue weighted by Crippen LogP contribution is 2.29. The Kier molecular flexibility index (Phi) is 8.35. The molecular formula is C19H27Cl2N3O3. The summed E-state index contributed by atoms with van der Waals surface area (Å²) < 4.78 is 5.78. The molecule has 2 heterocycles. The summed E-state index contributed by atoms with van der Waals surface area (Å²) in [5.74, 6) is -0.762. The van der Waals surface area contributed by atoms with Crippen LogP contribution >= 0.6 is 24.0 Å². The van der Waals surface area contributed by atoms with Gasteiger partial charge in [0.05, 0.1) is 6.10 Å². The summed E-state index contributed by atoms with van der Waals surface area (Å²) in [6.45, 7) is 3.14. The molecule has 2 aliphatic heterocycles. The average Bonchev–Trinajstić information content (AvgIpc) is 3.03. The summed E-state index contributed by atoms with van der Waals surface area (Å²) in [6, 6.07) is 7.20. The van der Waals surface area contributed by atoms with Crippen molar-refractivity contribution in [3.63, 3.8) is 0 Å². The maximum Gasteiger partial charge on any atom is 0.239 e. The lowest BCUT2D eigenvalue weighted by Crippen LogP contribution is -2.45. The van der Waals surface area contributed by atoms with Crippen LogP contribution in [0.4, 0.5) is 5.69 Å².